The second kappa shape index (κ2) is 8.11. The van der Waals surface area contributed by atoms with Gasteiger partial charge in [0.2, 0.25) is 15.9 Å². The Balaban J connectivity index is 2.83. The summed E-state index contributed by atoms with van der Waals surface area (Å²) in [7, 11) is -2.52. The Kier molecular flexibility index (Phi) is 6.79. The summed E-state index contributed by atoms with van der Waals surface area (Å²) in [6.07, 6.45) is 0.794. The van der Waals surface area contributed by atoms with Crippen molar-refractivity contribution in [3.05, 3.63) is 28.8 Å². The standard InChI is InChI=1S/C13H18ClN3O4S/c1-3-6-16-12(18)8-17-13(19)9-4-5-10(14)11(7-9)22(20,21)15-2/h4-5,7,15H,3,6,8H2,1-2H3,(H,16,18)(H,17,19). The van der Waals surface area contributed by atoms with Crippen LogP contribution in [0.1, 0.15) is 23.7 Å². The second-order valence-electron chi connectivity index (χ2n) is 4.39. The fourth-order valence-corrected chi connectivity index (χ4v) is 2.80. The Hall–Kier alpha value is -1.64. The predicted molar refractivity (Wildman–Crippen MR) is 83.3 cm³/mol. The number of carbonyl (C=O) groups excluding carboxylic acids is 2. The fourth-order valence-electron chi connectivity index (χ4n) is 1.55. The van der Waals surface area contributed by atoms with Crippen LogP contribution in [0.25, 0.3) is 0 Å². The summed E-state index contributed by atoms with van der Waals surface area (Å²) in [5.41, 5.74) is 0.0986. The molecule has 1 aromatic carbocycles. The molecule has 0 saturated carbocycles. The number of hydrogen-bond acceptors (Lipinski definition) is 4. The summed E-state index contributed by atoms with van der Waals surface area (Å²) < 4.78 is 25.7. The minimum absolute atomic E-state index is 0.00610. The van der Waals surface area contributed by atoms with Gasteiger partial charge in [-0.2, -0.15) is 0 Å². The summed E-state index contributed by atoms with van der Waals surface area (Å²) in [6, 6.07) is 3.86. The topological polar surface area (TPSA) is 104 Å². The average Bonchev–Trinajstić information content (AvgIpc) is 2.50. The Bertz CT molecular complexity index is 661. The molecule has 0 aromatic heterocycles. The summed E-state index contributed by atoms with van der Waals surface area (Å²) >= 11 is 5.83. The van der Waals surface area contributed by atoms with Crippen LogP contribution in [0.15, 0.2) is 23.1 Å². The van der Waals surface area contributed by atoms with Crippen molar-refractivity contribution in [1.29, 1.82) is 0 Å². The molecule has 22 heavy (non-hydrogen) atoms. The van der Waals surface area contributed by atoms with Crippen LogP contribution in [0.5, 0.6) is 0 Å². The molecular weight excluding hydrogens is 330 g/mol. The van der Waals surface area contributed by atoms with Gasteiger partial charge in [-0.1, -0.05) is 18.5 Å². The van der Waals surface area contributed by atoms with Crippen LogP contribution in [-0.2, 0) is 14.8 Å². The molecule has 0 heterocycles. The lowest BCUT2D eigenvalue weighted by Crippen LogP contribution is -2.37. The van der Waals surface area contributed by atoms with Crippen molar-refractivity contribution in [2.24, 2.45) is 0 Å². The average molecular weight is 348 g/mol. The lowest BCUT2D eigenvalue weighted by molar-refractivity contribution is -0.120. The summed E-state index contributed by atoms with van der Waals surface area (Å²) in [6.45, 7) is 2.26. The first-order valence-electron chi connectivity index (χ1n) is 6.59. The molecule has 1 aromatic rings. The summed E-state index contributed by atoms with van der Waals surface area (Å²) in [5.74, 6) is -0.872. The largest absolute Gasteiger partial charge is 0.355 e. The van der Waals surface area contributed by atoms with Gasteiger partial charge >= 0.3 is 0 Å². The van der Waals surface area contributed by atoms with Gasteiger partial charge < -0.3 is 10.6 Å². The van der Waals surface area contributed by atoms with Crippen molar-refractivity contribution in [2.45, 2.75) is 18.2 Å². The highest BCUT2D eigenvalue weighted by molar-refractivity contribution is 7.89. The van der Waals surface area contributed by atoms with Crippen LogP contribution >= 0.6 is 11.6 Å². The number of hydrogen-bond donors (Lipinski definition) is 3. The Morgan fingerprint density at radius 2 is 1.91 bits per heavy atom. The van der Waals surface area contributed by atoms with E-state index in [2.05, 4.69) is 15.4 Å². The number of rotatable bonds is 7. The van der Waals surface area contributed by atoms with Crippen molar-refractivity contribution in [3.63, 3.8) is 0 Å². The van der Waals surface area contributed by atoms with E-state index in [4.69, 9.17) is 11.6 Å². The molecule has 2 amide bonds. The third-order valence-electron chi connectivity index (χ3n) is 2.73. The zero-order chi connectivity index (χ0) is 16.8. The number of amides is 2. The zero-order valence-corrected chi connectivity index (χ0v) is 13.8. The number of carbonyl (C=O) groups is 2. The minimum Gasteiger partial charge on any atom is -0.355 e. The van der Waals surface area contributed by atoms with E-state index in [1.165, 1.54) is 19.2 Å². The molecule has 3 N–H and O–H groups in total. The molecule has 0 aliphatic heterocycles. The number of halogens is 1. The third-order valence-corrected chi connectivity index (χ3v) is 4.63. The fraction of sp³-hybridized carbons (Fsp3) is 0.385. The van der Waals surface area contributed by atoms with Gasteiger partial charge in [0.1, 0.15) is 4.90 Å². The maximum Gasteiger partial charge on any atom is 0.251 e. The molecule has 0 radical (unpaired) electrons. The van der Waals surface area contributed by atoms with E-state index < -0.39 is 15.9 Å². The molecule has 9 heteroatoms. The van der Waals surface area contributed by atoms with Gasteiger partial charge in [0.25, 0.3) is 5.91 Å². The molecular formula is C13H18ClN3O4S. The van der Waals surface area contributed by atoms with Gasteiger partial charge in [0, 0.05) is 12.1 Å². The van der Waals surface area contributed by atoms with E-state index >= 15 is 0 Å². The third kappa shape index (κ3) is 4.97. The summed E-state index contributed by atoms with van der Waals surface area (Å²) in [5, 5.41) is 5.03. The highest BCUT2D eigenvalue weighted by Gasteiger charge is 2.18. The van der Waals surface area contributed by atoms with Gasteiger partial charge in [-0.05, 0) is 31.7 Å². The van der Waals surface area contributed by atoms with Crippen LogP contribution in [0.2, 0.25) is 5.02 Å². The molecule has 0 aliphatic rings. The first kappa shape index (κ1) is 18.4. The number of nitrogens with one attached hydrogen (secondary N) is 3. The molecule has 0 aliphatic carbocycles. The molecule has 0 fully saturated rings. The minimum atomic E-state index is -3.77. The first-order valence-corrected chi connectivity index (χ1v) is 8.46. The van der Waals surface area contributed by atoms with E-state index in [1.807, 2.05) is 6.92 Å². The Morgan fingerprint density at radius 1 is 1.23 bits per heavy atom. The summed E-state index contributed by atoms with van der Waals surface area (Å²) in [4.78, 5) is 23.2. The van der Waals surface area contributed by atoms with Gasteiger partial charge in [0.05, 0.1) is 11.6 Å². The molecule has 0 spiro atoms. The quantitative estimate of drug-likeness (QED) is 0.668. The van der Waals surface area contributed by atoms with Gasteiger partial charge in [-0.25, -0.2) is 13.1 Å². The van der Waals surface area contributed by atoms with Crippen LogP contribution in [-0.4, -0.2) is 40.4 Å². The second-order valence-corrected chi connectivity index (χ2v) is 6.65. The molecule has 122 valence electrons. The van der Waals surface area contributed by atoms with Crippen LogP contribution in [0.3, 0.4) is 0 Å². The van der Waals surface area contributed by atoms with Crippen molar-refractivity contribution in [2.75, 3.05) is 20.1 Å². The molecule has 0 saturated heterocycles. The highest BCUT2D eigenvalue weighted by atomic mass is 35.5. The van der Waals surface area contributed by atoms with Crippen molar-refractivity contribution >= 4 is 33.4 Å². The van der Waals surface area contributed by atoms with Crippen LogP contribution < -0.4 is 15.4 Å². The lowest BCUT2D eigenvalue weighted by Gasteiger charge is -2.09. The van der Waals surface area contributed by atoms with Crippen LogP contribution in [0.4, 0.5) is 0 Å². The maximum atomic E-state index is 12.0. The zero-order valence-electron chi connectivity index (χ0n) is 12.3. The number of benzene rings is 1. The SMILES string of the molecule is CCCNC(=O)CNC(=O)c1ccc(Cl)c(S(=O)(=O)NC)c1. The first-order chi connectivity index (χ1) is 10.3. The molecule has 7 nitrogen and oxygen atoms in total. The van der Waals surface area contributed by atoms with Crippen molar-refractivity contribution in [3.8, 4) is 0 Å². The van der Waals surface area contributed by atoms with Crippen molar-refractivity contribution in [1.82, 2.24) is 15.4 Å². The van der Waals surface area contributed by atoms with E-state index in [1.54, 1.807) is 0 Å². The van der Waals surface area contributed by atoms with E-state index in [9.17, 15) is 18.0 Å². The van der Waals surface area contributed by atoms with E-state index in [0.29, 0.717) is 6.54 Å². The Labute approximate surface area is 134 Å². The monoisotopic (exact) mass is 347 g/mol. The highest BCUT2D eigenvalue weighted by Crippen LogP contribution is 2.22. The van der Waals surface area contributed by atoms with Gasteiger partial charge in [0.15, 0.2) is 0 Å². The van der Waals surface area contributed by atoms with Gasteiger partial charge in [-0.3, -0.25) is 9.59 Å². The van der Waals surface area contributed by atoms with E-state index in [-0.39, 0.29) is 27.9 Å². The smallest absolute Gasteiger partial charge is 0.251 e. The predicted octanol–water partition coefficient (Wildman–Crippen LogP) is 0.504. The van der Waals surface area contributed by atoms with Crippen molar-refractivity contribution < 1.29 is 18.0 Å². The molecule has 0 unspecified atom stereocenters. The van der Waals surface area contributed by atoms with Crippen LogP contribution in [0, 0.1) is 0 Å². The lowest BCUT2D eigenvalue weighted by atomic mass is 10.2. The maximum absolute atomic E-state index is 12.0. The molecule has 0 atom stereocenters. The van der Waals surface area contributed by atoms with E-state index in [0.717, 1.165) is 12.5 Å². The Morgan fingerprint density at radius 3 is 2.50 bits per heavy atom. The molecule has 0 bridgehead atoms. The number of sulfonamides is 1. The van der Waals surface area contributed by atoms with Gasteiger partial charge in [-0.15, -0.1) is 0 Å². The normalized spacial score (nSPS) is 11.0. The molecule has 1 rings (SSSR count).